The Morgan fingerprint density at radius 2 is 1.73 bits per heavy atom. The van der Waals surface area contributed by atoms with Crippen LogP contribution in [0.25, 0.3) is 0 Å². The van der Waals surface area contributed by atoms with E-state index in [-0.39, 0.29) is 6.61 Å². The minimum Gasteiger partial charge on any atom is -0.493 e. The molecule has 7 nitrogen and oxygen atoms in total. The number of anilines is 1. The van der Waals surface area contributed by atoms with Gasteiger partial charge in [0.1, 0.15) is 6.61 Å². The number of halogens is 3. The second-order valence-corrected chi connectivity index (χ2v) is 7.77. The largest absolute Gasteiger partial charge is 0.493 e. The summed E-state index contributed by atoms with van der Waals surface area (Å²) in [7, 11) is 1.50. The van der Waals surface area contributed by atoms with Crippen molar-refractivity contribution in [1.29, 1.82) is 0 Å². The van der Waals surface area contributed by atoms with Gasteiger partial charge >= 0.3 is 11.8 Å². The normalized spacial score (nSPS) is 10.7. The van der Waals surface area contributed by atoms with E-state index < -0.39 is 11.8 Å². The van der Waals surface area contributed by atoms with E-state index in [0.29, 0.717) is 37.8 Å². The third-order valence-electron chi connectivity index (χ3n) is 4.29. The highest BCUT2D eigenvalue weighted by Gasteiger charge is 2.15. The average Bonchev–Trinajstić information content (AvgIpc) is 2.81. The maximum absolute atomic E-state index is 12.1. The molecule has 0 aliphatic heterocycles. The number of carbonyl (C=O) groups excluding carboxylic acids is 2. The summed E-state index contributed by atoms with van der Waals surface area (Å²) in [4.78, 5) is 24.1. The molecule has 0 heterocycles. The molecular weight excluding hydrogens is 489 g/mol. The van der Waals surface area contributed by atoms with Crippen LogP contribution in [0, 0.1) is 0 Å². The number of hydrogen-bond donors (Lipinski definition) is 2. The number of methoxy groups -OCH3 is 1. The van der Waals surface area contributed by atoms with Crippen LogP contribution < -0.4 is 20.2 Å². The number of hydrogen-bond acceptors (Lipinski definition) is 5. The zero-order valence-electron chi connectivity index (χ0n) is 17.3. The topological polar surface area (TPSA) is 89.0 Å². The van der Waals surface area contributed by atoms with E-state index in [1.54, 1.807) is 60.7 Å². The van der Waals surface area contributed by atoms with Crippen LogP contribution in [0.4, 0.5) is 5.69 Å². The smallest absolute Gasteiger partial charge is 0.329 e. The first-order valence-electron chi connectivity index (χ1n) is 9.51. The van der Waals surface area contributed by atoms with Gasteiger partial charge in [-0.05, 0) is 42.0 Å². The van der Waals surface area contributed by atoms with Crippen molar-refractivity contribution >= 4 is 58.5 Å². The molecule has 0 fully saturated rings. The molecule has 0 saturated heterocycles. The Labute approximate surface area is 205 Å². The molecule has 170 valence electrons. The molecule has 10 heteroatoms. The van der Waals surface area contributed by atoms with Crippen molar-refractivity contribution < 1.29 is 19.1 Å². The van der Waals surface area contributed by atoms with Gasteiger partial charge in [0.15, 0.2) is 11.5 Å². The molecule has 0 spiro atoms. The van der Waals surface area contributed by atoms with Crippen molar-refractivity contribution in [3.05, 3.63) is 86.9 Å². The third kappa shape index (κ3) is 6.61. The molecule has 3 aromatic rings. The Bertz CT molecular complexity index is 1200. The molecule has 2 amide bonds. The zero-order valence-corrected chi connectivity index (χ0v) is 19.5. The molecular formula is C23H18Cl3N3O4. The first-order chi connectivity index (χ1) is 15.9. The monoisotopic (exact) mass is 505 g/mol. The Hall–Kier alpha value is -3.26. The predicted octanol–water partition coefficient (Wildman–Crippen LogP) is 5.32. The van der Waals surface area contributed by atoms with E-state index in [0.717, 1.165) is 5.56 Å². The van der Waals surface area contributed by atoms with Gasteiger partial charge in [-0.3, -0.25) is 9.59 Å². The molecule has 0 saturated carbocycles. The van der Waals surface area contributed by atoms with Crippen molar-refractivity contribution in [1.82, 2.24) is 5.43 Å². The second kappa shape index (κ2) is 11.6. The van der Waals surface area contributed by atoms with Crippen LogP contribution in [0.3, 0.4) is 0 Å². The maximum Gasteiger partial charge on any atom is 0.329 e. The van der Waals surface area contributed by atoms with E-state index in [1.807, 2.05) is 0 Å². The summed E-state index contributed by atoms with van der Waals surface area (Å²) in [6.07, 6.45) is 1.34. The molecule has 3 aromatic carbocycles. The highest BCUT2D eigenvalue weighted by atomic mass is 35.5. The van der Waals surface area contributed by atoms with Crippen LogP contribution in [0.1, 0.15) is 11.1 Å². The van der Waals surface area contributed by atoms with Crippen LogP contribution in [0.2, 0.25) is 15.1 Å². The Balaban J connectivity index is 1.68. The van der Waals surface area contributed by atoms with Crippen molar-refractivity contribution in [2.75, 3.05) is 12.4 Å². The molecule has 0 aliphatic carbocycles. The Morgan fingerprint density at radius 1 is 0.939 bits per heavy atom. The van der Waals surface area contributed by atoms with E-state index in [9.17, 15) is 9.59 Å². The van der Waals surface area contributed by atoms with Gasteiger partial charge in [-0.1, -0.05) is 59.1 Å². The Morgan fingerprint density at radius 3 is 2.45 bits per heavy atom. The van der Waals surface area contributed by atoms with Crippen LogP contribution >= 0.6 is 34.8 Å². The summed E-state index contributed by atoms with van der Waals surface area (Å²) in [6.45, 7) is 0.185. The minimum absolute atomic E-state index is 0.185. The van der Waals surface area contributed by atoms with Crippen LogP contribution in [0.15, 0.2) is 65.8 Å². The van der Waals surface area contributed by atoms with Gasteiger partial charge in [0.25, 0.3) is 0 Å². The number of nitrogens with zero attached hydrogens (tertiary/aromatic N) is 1. The number of amides is 2. The first kappa shape index (κ1) is 24.4. The maximum atomic E-state index is 12.1. The molecule has 0 atom stereocenters. The summed E-state index contributed by atoms with van der Waals surface area (Å²) in [5.74, 6) is -1.03. The summed E-state index contributed by atoms with van der Waals surface area (Å²) >= 11 is 18.0. The van der Waals surface area contributed by atoms with E-state index in [2.05, 4.69) is 15.8 Å². The van der Waals surface area contributed by atoms with Crippen molar-refractivity contribution in [3.63, 3.8) is 0 Å². The van der Waals surface area contributed by atoms with Crippen molar-refractivity contribution in [3.8, 4) is 11.5 Å². The van der Waals surface area contributed by atoms with Gasteiger partial charge in [0, 0.05) is 5.56 Å². The molecule has 33 heavy (non-hydrogen) atoms. The lowest BCUT2D eigenvalue weighted by Gasteiger charge is -2.13. The summed E-state index contributed by atoms with van der Waals surface area (Å²) < 4.78 is 11.3. The molecule has 0 aromatic heterocycles. The van der Waals surface area contributed by atoms with Gasteiger partial charge in [-0.2, -0.15) is 5.10 Å². The van der Waals surface area contributed by atoms with Crippen LogP contribution in [0.5, 0.6) is 11.5 Å². The first-order valence-corrected chi connectivity index (χ1v) is 10.6. The SMILES string of the molecule is COc1cccc(/C=N\NC(=O)C(=O)Nc2ccccc2Cl)c1OCc1ccc(Cl)c(Cl)c1. The lowest BCUT2D eigenvalue weighted by molar-refractivity contribution is -0.136. The number of ether oxygens (including phenoxy) is 2. The minimum atomic E-state index is -0.965. The second-order valence-electron chi connectivity index (χ2n) is 6.55. The van der Waals surface area contributed by atoms with Gasteiger partial charge in [0.05, 0.1) is 34.1 Å². The predicted molar refractivity (Wildman–Crippen MR) is 130 cm³/mol. The van der Waals surface area contributed by atoms with E-state index in [1.165, 1.54) is 13.3 Å². The fourth-order valence-electron chi connectivity index (χ4n) is 2.69. The average molecular weight is 507 g/mol. The van der Waals surface area contributed by atoms with Gasteiger partial charge in [0.2, 0.25) is 0 Å². The number of carbonyl (C=O) groups is 2. The standard InChI is InChI=1S/C23H18Cl3N3O4/c1-32-20-8-4-5-15(21(20)33-13-14-9-10-16(24)18(26)11-14)12-27-29-23(31)22(30)28-19-7-3-2-6-17(19)25/h2-12H,13H2,1H3,(H,28,30)(H,29,31)/b27-12-. The molecule has 0 aliphatic rings. The number of rotatable bonds is 7. The van der Waals surface area contributed by atoms with Crippen molar-refractivity contribution in [2.45, 2.75) is 6.61 Å². The fraction of sp³-hybridized carbons (Fsp3) is 0.0870. The fourth-order valence-corrected chi connectivity index (χ4v) is 3.19. The lowest BCUT2D eigenvalue weighted by Crippen LogP contribution is -2.32. The van der Waals surface area contributed by atoms with Gasteiger partial charge in [-0.25, -0.2) is 5.43 Å². The third-order valence-corrected chi connectivity index (χ3v) is 5.36. The number of nitrogens with one attached hydrogen (secondary N) is 2. The zero-order chi connectivity index (χ0) is 23.8. The Kier molecular flexibility index (Phi) is 8.54. The number of hydrazone groups is 1. The number of benzene rings is 3. The van der Waals surface area contributed by atoms with E-state index >= 15 is 0 Å². The molecule has 3 rings (SSSR count). The molecule has 2 N–H and O–H groups in total. The summed E-state index contributed by atoms with van der Waals surface area (Å²) in [5, 5.41) is 7.43. The quantitative estimate of drug-likeness (QED) is 0.258. The van der Waals surface area contributed by atoms with Crippen LogP contribution in [-0.2, 0) is 16.2 Å². The molecule has 0 unspecified atom stereocenters. The van der Waals surface area contributed by atoms with E-state index in [4.69, 9.17) is 44.3 Å². The van der Waals surface area contributed by atoms with Crippen molar-refractivity contribution in [2.24, 2.45) is 5.10 Å². The summed E-state index contributed by atoms with van der Waals surface area (Å²) in [5.41, 5.74) is 3.79. The van der Waals surface area contributed by atoms with Gasteiger partial charge < -0.3 is 14.8 Å². The van der Waals surface area contributed by atoms with Gasteiger partial charge in [-0.15, -0.1) is 0 Å². The summed E-state index contributed by atoms with van der Waals surface area (Å²) in [6, 6.07) is 16.9. The highest BCUT2D eigenvalue weighted by Crippen LogP contribution is 2.31. The van der Waals surface area contributed by atoms with Crippen LogP contribution in [-0.4, -0.2) is 25.1 Å². The molecule has 0 bridgehead atoms. The molecule has 0 radical (unpaired) electrons. The number of para-hydroxylation sites is 2. The highest BCUT2D eigenvalue weighted by molar-refractivity contribution is 6.42. The lowest BCUT2D eigenvalue weighted by atomic mass is 10.2.